The van der Waals surface area contributed by atoms with Crippen molar-refractivity contribution < 1.29 is 4.79 Å². The number of nitrogens with one attached hydrogen (secondary N) is 1. The van der Waals surface area contributed by atoms with E-state index in [2.05, 4.69) is 15.5 Å². The predicted octanol–water partition coefficient (Wildman–Crippen LogP) is 3.53. The van der Waals surface area contributed by atoms with Crippen LogP contribution in [0, 0.1) is 23.2 Å². The number of carbonyl (C=O) groups is 1. The summed E-state index contributed by atoms with van der Waals surface area (Å²) in [5.74, 6) is 2.73. The summed E-state index contributed by atoms with van der Waals surface area (Å²) in [7, 11) is 0. The molecule has 0 unspecified atom stereocenters. The van der Waals surface area contributed by atoms with Crippen molar-refractivity contribution in [2.45, 2.75) is 51.9 Å². The number of hydrazone groups is 1. The van der Waals surface area contributed by atoms with Gasteiger partial charge >= 0.3 is 0 Å². The minimum atomic E-state index is 0.0789. The predicted molar refractivity (Wildman–Crippen MR) is 89.8 cm³/mol. The van der Waals surface area contributed by atoms with E-state index in [0.717, 1.165) is 29.0 Å². The molecule has 4 fully saturated rings. The zero-order chi connectivity index (χ0) is 15.9. The summed E-state index contributed by atoms with van der Waals surface area (Å²) in [6.07, 6.45) is 12.2. The molecule has 4 bridgehead atoms. The molecular formula is C19H25N3O. The zero-order valence-electron chi connectivity index (χ0n) is 13.8. The number of hydrogen-bond acceptors (Lipinski definition) is 3. The van der Waals surface area contributed by atoms with Gasteiger partial charge in [-0.05, 0) is 74.7 Å². The third-order valence-corrected chi connectivity index (χ3v) is 6.13. The van der Waals surface area contributed by atoms with Crippen molar-refractivity contribution in [3.8, 4) is 0 Å². The maximum absolute atomic E-state index is 12.4. The number of hydrogen-bond donors (Lipinski definition) is 1. The molecular weight excluding hydrogens is 286 g/mol. The summed E-state index contributed by atoms with van der Waals surface area (Å²) in [6.45, 7) is 1.90. The van der Waals surface area contributed by atoms with Crippen molar-refractivity contribution in [2.24, 2.45) is 28.3 Å². The van der Waals surface area contributed by atoms with E-state index in [-0.39, 0.29) is 11.3 Å². The van der Waals surface area contributed by atoms with E-state index in [1.807, 2.05) is 19.1 Å². The molecule has 1 aromatic heterocycles. The highest BCUT2D eigenvalue weighted by molar-refractivity contribution is 5.98. The second kappa shape index (κ2) is 5.73. The second-order valence-electron chi connectivity index (χ2n) is 8.07. The van der Waals surface area contributed by atoms with Crippen LogP contribution in [0.25, 0.3) is 0 Å². The van der Waals surface area contributed by atoms with Crippen molar-refractivity contribution in [1.82, 2.24) is 10.4 Å². The van der Waals surface area contributed by atoms with Gasteiger partial charge in [-0.25, -0.2) is 5.43 Å². The molecule has 1 N–H and O–H groups in total. The minimum absolute atomic E-state index is 0.0789. The van der Waals surface area contributed by atoms with Gasteiger partial charge in [-0.2, -0.15) is 5.10 Å². The maximum Gasteiger partial charge on any atom is 0.240 e. The molecule has 0 atom stereocenters. The Morgan fingerprint density at radius 3 is 2.48 bits per heavy atom. The van der Waals surface area contributed by atoms with Gasteiger partial charge in [-0.1, -0.05) is 6.07 Å². The first-order valence-electron chi connectivity index (χ1n) is 8.85. The quantitative estimate of drug-likeness (QED) is 0.683. The van der Waals surface area contributed by atoms with Crippen molar-refractivity contribution in [2.75, 3.05) is 0 Å². The van der Waals surface area contributed by atoms with E-state index in [1.165, 1.54) is 38.5 Å². The Bertz CT molecular complexity index is 587. The molecule has 1 amide bonds. The van der Waals surface area contributed by atoms with E-state index < -0.39 is 0 Å². The van der Waals surface area contributed by atoms with Gasteiger partial charge in [0.1, 0.15) is 0 Å². The molecule has 4 aliphatic carbocycles. The fourth-order valence-corrected chi connectivity index (χ4v) is 5.67. The topological polar surface area (TPSA) is 54.4 Å². The summed E-state index contributed by atoms with van der Waals surface area (Å²) in [5.41, 5.74) is 4.80. The van der Waals surface area contributed by atoms with Crippen molar-refractivity contribution in [3.63, 3.8) is 0 Å². The average Bonchev–Trinajstić information content (AvgIpc) is 2.51. The van der Waals surface area contributed by atoms with Crippen LogP contribution < -0.4 is 5.43 Å². The highest BCUT2D eigenvalue weighted by atomic mass is 16.2. The minimum Gasteiger partial charge on any atom is -0.273 e. The van der Waals surface area contributed by atoms with Crippen LogP contribution in [0.2, 0.25) is 0 Å². The van der Waals surface area contributed by atoms with Crippen LogP contribution in [0.4, 0.5) is 0 Å². The Morgan fingerprint density at radius 1 is 1.26 bits per heavy atom. The van der Waals surface area contributed by atoms with Gasteiger partial charge in [0.05, 0.1) is 5.71 Å². The second-order valence-corrected chi connectivity index (χ2v) is 8.07. The molecule has 0 aliphatic heterocycles. The van der Waals surface area contributed by atoms with Gasteiger partial charge in [0.2, 0.25) is 5.91 Å². The van der Waals surface area contributed by atoms with Crippen LogP contribution in [-0.2, 0) is 4.79 Å². The summed E-state index contributed by atoms with van der Waals surface area (Å²) in [6, 6.07) is 3.84. The molecule has 0 spiro atoms. The number of aromatic nitrogens is 1. The molecule has 0 radical (unpaired) electrons. The van der Waals surface area contributed by atoms with E-state index in [0.29, 0.717) is 6.42 Å². The Kier molecular flexibility index (Phi) is 3.70. The lowest BCUT2D eigenvalue weighted by atomic mass is 9.49. The molecule has 1 aromatic rings. The number of rotatable bonds is 4. The normalized spacial score (nSPS) is 35.3. The van der Waals surface area contributed by atoms with Crippen LogP contribution in [-0.4, -0.2) is 16.6 Å². The Morgan fingerprint density at radius 2 is 1.91 bits per heavy atom. The highest BCUT2D eigenvalue weighted by Crippen LogP contribution is 2.61. The van der Waals surface area contributed by atoms with Gasteiger partial charge in [0.15, 0.2) is 0 Å². The average molecular weight is 311 g/mol. The lowest BCUT2D eigenvalue weighted by Crippen LogP contribution is -2.47. The fraction of sp³-hybridized carbons (Fsp3) is 0.632. The Labute approximate surface area is 137 Å². The Balaban J connectivity index is 1.39. The van der Waals surface area contributed by atoms with Crippen LogP contribution in [0.15, 0.2) is 29.6 Å². The SMILES string of the molecule is C/C(=N/NC(=O)CC12CC3CC(CC(C3)C1)C2)c1cccnc1. The van der Waals surface area contributed by atoms with Crippen LogP contribution >= 0.6 is 0 Å². The van der Waals surface area contributed by atoms with E-state index >= 15 is 0 Å². The van der Waals surface area contributed by atoms with Gasteiger partial charge < -0.3 is 0 Å². The lowest BCUT2D eigenvalue weighted by Gasteiger charge is -2.56. The van der Waals surface area contributed by atoms with Crippen LogP contribution in [0.5, 0.6) is 0 Å². The Hall–Kier alpha value is -1.71. The molecule has 1 heterocycles. The first-order valence-corrected chi connectivity index (χ1v) is 8.85. The highest BCUT2D eigenvalue weighted by Gasteiger charge is 2.51. The molecule has 23 heavy (non-hydrogen) atoms. The molecule has 4 saturated carbocycles. The molecule has 0 saturated heterocycles. The standard InChI is InChI=1S/C19H25N3O/c1-13(17-3-2-4-20-12-17)21-22-18(23)11-19-8-14-5-15(9-19)7-16(6-14)10-19/h2-4,12,14-16H,5-11H2,1H3,(H,22,23)/b21-13-. The van der Waals surface area contributed by atoms with Gasteiger partial charge in [-0.15, -0.1) is 0 Å². The monoisotopic (exact) mass is 311 g/mol. The third-order valence-electron chi connectivity index (χ3n) is 6.13. The lowest BCUT2D eigenvalue weighted by molar-refractivity contribution is -0.129. The molecule has 4 aliphatic rings. The smallest absolute Gasteiger partial charge is 0.240 e. The number of carbonyl (C=O) groups excluding carboxylic acids is 1. The van der Waals surface area contributed by atoms with Gasteiger partial charge in [0.25, 0.3) is 0 Å². The number of pyridine rings is 1. The maximum atomic E-state index is 12.4. The molecule has 0 aromatic carbocycles. The van der Waals surface area contributed by atoms with Crippen LogP contribution in [0.3, 0.4) is 0 Å². The van der Waals surface area contributed by atoms with Crippen molar-refractivity contribution >= 4 is 11.6 Å². The first-order chi connectivity index (χ1) is 11.1. The summed E-state index contributed by atoms with van der Waals surface area (Å²) in [5, 5.41) is 4.27. The molecule has 122 valence electrons. The molecule has 4 nitrogen and oxygen atoms in total. The first kappa shape index (κ1) is 14.9. The fourth-order valence-electron chi connectivity index (χ4n) is 5.67. The zero-order valence-corrected chi connectivity index (χ0v) is 13.8. The summed E-state index contributed by atoms with van der Waals surface area (Å²) >= 11 is 0. The largest absolute Gasteiger partial charge is 0.273 e. The van der Waals surface area contributed by atoms with Crippen molar-refractivity contribution in [3.05, 3.63) is 30.1 Å². The third kappa shape index (κ3) is 3.04. The molecule has 5 rings (SSSR count). The summed E-state index contributed by atoms with van der Waals surface area (Å²) < 4.78 is 0. The number of nitrogens with zero attached hydrogens (tertiary/aromatic N) is 2. The van der Waals surface area contributed by atoms with Crippen LogP contribution in [0.1, 0.15) is 57.4 Å². The number of amides is 1. The van der Waals surface area contributed by atoms with E-state index in [4.69, 9.17) is 0 Å². The van der Waals surface area contributed by atoms with Gasteiger partial charge in [-0.3, -0.25) is 9.78 Å². The van der Waals surface area contributed by atoms with Crippen molar-refractivity contribution in [1.29, 1.82) is 0 Å². The van der Waals surface area contributed by atoms with Gasteiger partial charge in [0, 0.05) is 24.4 Å². The molecule has 4 heteroatoms. The van der Waals surface area contributed by atoms with E-state index in [9.17, 15) is 4.79 Å². The van der Waals surface area contributed by atoms with E-state index in [1.54, 1.807) is 12.4 Å². The summed E-state index contributed by atoms with van der Waals surface area (Å²) in [4.78, 5) is 16.5.